The van der Waals surface area contributed by atoms with Crippen LogP contribution in [0.4, 0.5) is 0 Å². The Morgan fingerprint density at radius 2 is 1.94 bits per heavy atom. The van der Waals surface area contributed by atoms with Gasteiger partial charge in [0.1, 0.15) is 0 Å². The van der Waals surface area contributed by atoms with Crippen LogP contribution in [-0.4, -0.2) is 57.4 Å². The number of nitrogens with zero attached hydrogens (tertiary/aromatic N) is 4. The minimum atomic E-state index is -0.379. The molecule has 0 atom stereocenters. The van der Waals surface area contributed by atoms with Crippen molar-refractivity contribution < 1.29 is 9.59 Å². The second-order valence-electron chi connectivity index (χ2n) is 4.65. The van der Waals surface area contributed by atoms with Gasteiger partial charge in [0.05, 0.1) is 6.20 Å². The lowest BCUT2D eigenvalue weighted by Crippen LogP contribution is -2.49. The van der Waals surface area contributed by atoms with Gasteiger partial charge < -0.3 is 4.90 Å². The van der Waals surface area contributed by atoms with Gasteiger partial charge in [-0.3, -0.25) is 19.2 Å². The van der Waals surface area contributed by atoms with Gasteiger partial charge >= 0.3 is 0 Å². The Labute approximate surface area is 106 Å². The summed E-state index contributed by atoms with van der Waals surface area (Å²) in [5.41, 5.74) is 1.17. The minimum Gasteiger partial charge on any atom is -0.334 e. The summed E-state index contributed by atoms with van der Waals surface area (Å²) in [6.45, 7) is 5.01. The van der Waals surface area contributed by atoms with Gasteiger partial charge in [-0.05, 0) is 0 Å². The minimum absolute atomic E-state index is 0.365. The molecule has 98 valence electrons. The number of hydrogen-bond donors (Lipinski definition) is 0. The molecule has 1 fully saturated rings. The van der Waals surface area contributed by atoms with E-state index in [1.54, 1.807) is 9.58 Å². The number of piperazine rings is 1. The Kier molecular flexibility index (Phi) is 3.76. The molecule has 0 aromatic carbocycles. The van der Waals surface area contributed by atoms with Crippen molar-refractivity contribution in [3.63, 3.8) is 0 Å². The molecule has 2 heterocycles. The molecule has 1 aliphatic rings. The first-order valence-corrected chi connectivity index (χ1v) is 6.06. The van der Waals surface area contributed by atoms with Gasteiger partial charge in [-0.2, -0.15) is 5.10 Å². The lowest BCUT2D eigenvalue weighted by molar-refractivity contribution is -0.144. The van der Waals surface area contributed by atoms with Crippen LogP contribution in [0.1, 0.15) is 12.5 Å². The maximum absolute atomic E-state index is 11.5. The summed E-state index contributed by atoms with van der Waals surface area (Å²) in [6, 6.07) is 0. The lowest BCUT2D eigenvalue weighted by atomic mass is 10.2. The quantitative estimate of drug-likeness (QED) is 0.688. The Hall–Kier alpha value is -1.69. The predicted octanol–water partition coefficient (Wildman–Crippen LogP) is -0.347. The molecule has 0 spiro atoms. The fourth-order valence-corrected chi connectivity index (χ4v) is 2.14. The zero-order chi connectivity index (χ0) is 13.1. The smallest absolute Gasteiger partial charge is 0.289 e. The molecule has 1 aromatic heterocycles. The van der Waals surface area contributed by atoms with Gasteiger partial charge in [0.2, 0.25) is 5.78 Å². The van der Waals surface area contributed by atoms with Crippen molar-refractivity contribution in [3.05, 3.63) is 18.0 Å². The number of amides is 1. The molecular formula is C12H18N4O2. The number of ketones is 1. The number of carbonyl (C=O) groups is 2. The fraction of sp³-hybridized carbons (Fsp3) is 0.583. The summed E-state index contributed by atoms with van der Waals surface area (Å²) in [5.74, 6) is -0.744. The van der Waals surface area contributed by atoms with E-state index in [1.165, 1.54) is 12.5 Å². The summed E-state index contributed by atoms with van der Waals surface area (Å²) >= 11 is 0. The van der Waals surface area contributed by atoms with E-state index in [-0.39, 0.29) is 11.7 Å². The van der Waals surface area contributed by atoms with Gasteiger partial charge in [-0.1, -0.05) is 0 Å². The number of aryl methyl sites for hydroxylation is 1. The van der Waals surface area contributed by atoms with Crippen LogP contribution in [-0.2, 0) is 23.2 Å². The van der Waals surface area contributed by atoms with Crippen LogP contribution in [0.5, 0.6) is 0 Å². The SMILES string of the molecule is CC(=O)C(=O)N1CCN(Cc2cnn(C)c2)CC1. The summed E-state index contributed by atoms with van der Waals surface area (Å²) in [6.07, 6.45) is 3.85. The largest absolute Gasteiger partial charge is 0.334 e. The molecule has 6 heteroatoms. The highest BCUT2D eigenvalue weighted by molar-refractivity contribution is 6.35. The van der Waals surface area contributed by atoms with Crippen LogP contribution >= 0.6 is 0 Å². The number of hydrogen-bond acceptors (Lipinski definition) is 4. The number of Topliss-reactive ketones (excluding diaryl/α,β-unsaturated/α-hetero) is 1. The topological polar surface area (TPSA) is 58.4 Å². The van der Waals surface area contributed by atoms with E-state index in [0.717, 1.165) is 19.6 Å². The Morgan fingerprint density at radius 1 is 1.28 bits per heavy atom. The molecule has 2 rings (SSSR count). The molecule has 0 bridgehead atoms. The van der Waals surface area contributed by atoms with Crippen molar-refractivity contribution in [3.8, 4) is 0 Å². The molecule has 0 radical (unpaired) electrons. The molecular weight excluding hydrogens is 232 g/mol. The van der Waals surface area contributed by atoms with Crippen molar-refractivity contribution >= 4 is 11.7 Å². The van der Waals surface area contributed by atoms with Crippen molar-refractivity contribution in [1.29, 1.82) is 0 Å². The first-order valence-electron chi connectivity index (χ1n) is 6.06. The highest BCUT2D eigenvalue weighted by Crippen LogP contribution is 2.08. The number of rotatable bonds is 3. The third-order valence-corrected chi connectivity index (χ3v) is 3.13. The van der Waals surface area contributed by atoms with Gasteiger partial charge in [0, 0.05) is 58.5 Å². The average Bonchev–Trinajstić information content (AvgIpc) is 2.75. The van der Waals surface area contributed by atoms with Crippen LogP contribution in [0.3, 0.4) is 0 Å². The van der Waals surface area contributed by atoms with Crippen molar-refractivity contribution in [2.75, 3.05) is 26.2 Å². The van der Waals surface area contributed by atoms with E-state index in [9.17, 15) is 9.59 Å². The van der Waals surface area contributed by atoms with E-state index < -0.39 is 0 Å². The van der Waals surface area contributed by atoms with Crippen LogP contribution in [0, 0.1) is 0 Å². The predicted molar refractivity (Wildman–Crippen MR) is 65.7 cm³/mol. The van der Waals surface area contributed by atoms with Crippen LogP contribution in [0.15, 0.2) is 12.4 Å². The van der Waals surface area contributed by atoms with Crippen LogP contribution < -0.4 is 0 Å². The summed E-state index contributed by atoms with van der Waals surface area (Å²) in [4.78, 5) is 26.4. The van der Waals surface area contributed by atoms with Crippen LogP contribution in [0.2, 0.25) is 0 Å². The van der Waals surface area contributed by atoms with Crippen LogP contribution in [0.25, 0.3) is 0 Å². The third kappa shape index (κ3) is 2.95. The van der Waals surface area contributed by atoms with Crippen molar-refractivity contribution in [1.82, 2.24) is 19.6 Å². The maximum Gasteiger partial charge on any atom is 0.289 e. The molecule has 6 nitrogen and oxygen atoms in total. The molecule has 0 unspecified atom stereocenters. The molecule has 1 aliphatic heterocycles. The summed E-state index contributed by atoms with van der Waals surface area (Å²) < 4.78 is 1.78. The lowest BCUT2D eigenvalue weighted by Gasteiger charge is -2.33. The van der Waals surface area contributed by atoms with Gasteiger partial charge in [-0.25, -0.2) is 0 Å². The fourth-order valence-electron chi connectivity index (χ4n) is 2.14. The van der Waals surface area contributed by atoms with Gasteiger partial charge in [0.25, 0.3) is 5.91 Å². The maximum atomic E-state index is 11.5. The zero-order valence-corrected chi connectivity index (χ0v) is 10.8. The standard InChI is InChI=1S/C12H18N4O2/c1-10(17)12(18)16-5-3-15(4-6-16)9-11-7-13-14(2)8-11/h7-8H,3-6,9H2,1-2H3. The molecule has 1 aromatic rings. The summed E-state index contributed by atoms with van der Waals surface area (Å²) in [5, 5.41) is 4.13. The Morgan fingerprint density at radius 3 is 2.44 bits per heavy atom. The van der Waals surface area contributed by atoms with Crippen molar-refractivity contribution in [2.24, 2.45) is 7.05 Å². The average molecular weight is 250 g/mol. The van der Waals surface area contributed by atoms with E-state index in [0.29, 0.717) is 13.1 Å². The second kappa shape index (κ2) is 5.30. The number of carbonyl (C=O) groups excluding carboxylic acids is 2. The van der Waals surface area contributed by atoms with E-state index >= 15 is 0 Å². The highest BCUT2D eigenvalue weighted by Gasteiger charge is 2.23. The molecule has 18 heavy (non-hydrogen) atoms. The third-order valence-electron chi connectivity index (χ3n) is 3.13. The van der Waals surface area contributed by atoms with E-state index in [1.807, 2.05) is 19.4 Å². The molecule has 1 saturated heterocycles. The Balaban J connectivity index is 1.83. The van der Waals surface area contributed by atoms with Gasteiger partial charge in [0.15, 0.2) is 0 Å². The molecule has 0 N–H and O–H groups in total. The zero-order valence-electron chi connectivity index (χ0n) is 10.8. The molecule has 0 saturated carbocycles. The van der Waals surface area contributed by atoms with E-state index in [4.69, 9.17) is 0 Å². The van der Waals surface area contributed by atoms with Gasteiger partial charge in [-0.15, -0.1) is 0 Å². The molecule has 1 amide bonds. The van der Waals surface area contributed by atoms with E-state index in [2.05, 4.69) is 10.00 Å². The molecule has 0 aliphatic carbocycles. The summed E-state index contributed by atoms with van der Waals surface area (Å²) in [7, 11) is 1.90. The first kappa shape index (κ1) is 12.8. The monoisotopic (exact) mass is 250 g/mol. The Bertz CT molecular complexity index is 447. The number of aromatic nitrogens is 2. The first-order chi connectivity index (χ1) is 8.56. The van der Waals surface area contributed by atoms with Crippen molar-refractivity contribution in [2.45, 2.75) is 13.5 Å². The normalized spacial score (nSPS) is 16.9. The second-order valence-corrected chi connectivity index (χ2v) is 4.65. The highest BCUT2D eigenvalue weighted by atomic mass is 16.2.